The lowest BCUT2D eigenvalue weighted by molar-refractivity contribution is -0.143. The molecular weight excluding hydrogens is 224 g/mol. The monoisotopic (exact) mass is 240 g/mol. The van der Waals surface area contributed by atoms with Crippen molar-refractivity contribution in [1.29, 1.82) is 0 Å². The van der Waals surface area contributed by atoms with E-state index in [1.807, 2.05) is 0 Å². The van der Waals surface area contributed by atoms with Crippen LogP contribution < -0.4 is 5.32 Å². The van der Waals surface area contributed by atoms with Crippen LogP contribution in [0, 0.1) is 0 Å². The van der Waals surface area contributed by atoms with Crippen molar-refractivity contribution in [2.75, 3.05) is 13.2 Å². The Balaban J connectivity index is 2.06. The summed E-state index contributed by atoms with van der Waals surface area (Å²) in [6, 6.07) is 0. The van der Waals surface area contributed by atoms with Crippen molar-refractivity contribution in [3.63, 3.8) is 0 Å². The zero-order valence-corrected chi connectivity index (χ0v) is 9.76. The molecule has 0 bridgehead atoms. The molecule has 0 saturated carbocycles. The third-order valence-corrected chi connectivity index (χ3v) is 1.96. The summed E-state index contributed by atoms with van der Waals surface area (Å²) >= 11 is 0. The van der Waals surface area contributed by atoms with E-state index in [-0.39, 0.29) is 18.4 Å². The SMILES string of the molecule is CCOC(=O)CCCNC(=O)Cn1cncn1. The third kappa shape index (κ3) is 5.64. The Kier molecular flexibility index (Phi) is 5.70. The number of ether oxygens (including phenoxy) is 1. The summed E-state index contributed by atoms with van der Waals surface area (Å²) in [5.74, 6) is -0.391. The first-order chi connectivity index (χ1) is 8.22. The van der Waals surface area contributed by atoms with E-state index in [9.17, 15) is 9.59 Å². The molecule has 0 radical (unpaired) electrons. The Hall–Kier alpha value is -1.92. The lowest BCUT2D eigenvalue weighted by Crippen LogP contribution is -2.29. The van der Waals surface area contributed by atoms with Gasteiger partial charge in [0.2, 0.25) is 5.91 Å². The summed E-state index contributed by atoms with van der Waals surface area (Å²) in [4.78, 5) is 26.1. The fourth-order valence-electron chi connectivity index (χ4n) is 1.21. The number of nitrogens with zero attached hydrogens (tertiary/aromatic N) is 3. The normalized spacial score (nSPS) is 9.94. The Bertz CT molecular complexity index is 350. The van der Waals surface area contributed by atoms with Crippen molar-refractivity contribution in [1.82, 2.24) is 20.1 Å². The van der Waals surface area contributed by atoms with Gasteiger partial charge in [0.15, 0.2) is 0 Å². The summed E-state index contributed by atoms with van der Waals surface area (Å²) in [5, 5.41) is 6.49. The lowest BCUT2D eigenvalue weighted by Gasteiger charge is -2.04. The highest BCUT2D eigenvalue weighted by molar-refractivity contribution is 5.75. The molecule has 17 heavy (non-hydrogen) atoms. The molecule has 1 N–H and O–H groups in total. The summed E-state index contributed by atoms with van der Waals surface area (Å²) in [6.45, 7) is 2.74. The Labute approximate surface area is 99.2 Å². The van der Waals surface area contributed by atoms with Crippen molar-refractivity contribution in [3.05, 3.63) is 12.7 Å². The number of carbonyl (C=O) groups excluding carboxylic acids is 2. The number of hydrogen-bond donors (Lipinski definition) is 1. The minimum Gasteiger partial charge on any atom is -0.466 e. The maximum atomic E-state index is 11.4. The van der Waals surface area contributed by atoms with Gasteiger partial charge in [-0.25, -0.2) is 9.67 Å². The van der Waals surface area contributed by atoms with Crippen molar-refractivity contribution >= 4 is 11.9 Å². The van der Waals surface area contributed by atoms with Gasteiger partial charge < -0.3 is 10.1 Å². The summed E-state index contributed by atoms with van der Waals surface area (Å²) in [6.07, 6.45) is 3.73. The molecule has 94 valence electrons. The first kappa shape index (κ1) is 13.1. The van der Waals surface area contributed by atoms with E-state index in [4.69, 9.17) is 4.74 Å². The summed E-state index contributed by atoms with van der Waals surface area (Å²) in [5.41, 5.74) is 0. The van der Waals surface area contributed by atoms with Crippen LogP contribution in [-0.4, -0.2) is 39.8 Å². The van der Waals surface area contributed by atoms with Gasteiger partial charge in [0, 0.05) is 13.0 Å². The van der Waals surface area contributed by atoms with Gasteiger partial charge in [0.25, 0.3) is 0 Å². The van der Waals surface area contributed by atoms with Crippen LogP contribution in [0.3, 0.4) is 0 Å². The van der Waals surface area contributed by atoms with Crippen LogP contribution >= 0.6 is 0 Å². The molecule has 1 aromatic rings. The van der Waals surface area contributed by atoms with Crippen LogP contribution in [0.25, 0.3) is 0 Å². The first-order valence-corrected chi connectivity index (χ1v) is 5.47. The first-order valence-electron chi connectivity index (χ1n) is 5.47. The van der Waals surface area contributed by atoms with Crippen molar-refractivity contribution in [2.24, 2.45) is 0 Å². The average molecular weight is 240 g/mol. The molecule has 1 heterocycles. The van der Waals surface area contributed by atoms with Crippen molar-refractivity contribution in [2.45, 2.75) is 26.3 Å². The predicted octanol–water partition coefficient (Wildman–Crippen LogP) is -0.262. The number of esters is 1. The minimum atomic E-state index is -0.238. The molecule has 0 aromatic carbocycles. The predicted molar refractivity (Wildman–Crippen MR) is 58.9 cm³/mol. The van der Waals surface area contributed by atoms with Gasteiger partial charge in [-0.3, -0.25) is 9.59 Å². The number of hydrogen-bond acceptors (Lipinski definition) is 5. The summed E-state index contributed by atoms with van der Waals surface area (Å²) < 4.78 is 6.19. The highest BCUT2D eigenvalue weighted by Crippen LogP contribution is 1.91. The van der Waals surface area contributed by atoms with E-state index >= 15 is 0 Å². The van der Waals surface area contributed by atoms with E-state index in [1.165, 1.54) is 17.3 Å². The molecular formula is C10H16N4O3. The zero-order valence-electron chi connectivity index (χ0n) is 9.76. The maximum Gasteiger partial charge on any atom is 0.305 e. The molecule has 7 nitrogen and oxygen atoms in total. The molecule has 0 aliphatic carbocycles. The standard InChI is InChI=1S/C10H16N4O3/c1-2-17-10(16)4-3-5-12-9(15)6-14-8-11-7-13-14/h7-8H,2-6H2,1H3,(H,12,15). The second-order valence-corrected chi connectivity index (χ2v) is 3.35. The average Bonchev–Trinajstić information content (AvgIpc) is 2.77. The van der Waals surface area contributed by atoms with Crippen LogP contribution in [0.1, 0.15) is 19.8 Å². The molecule has 0 atom stereocenters. The van der Waals surface area contributed by atoms with Crippen molar-refractivity contribution < 1.29 is 14.3 Å². The van der Waals surface area contributed by atoms with E-state index in [0.29, 0.717) is 26.0 Å². The number of aromatic nitrogens is 3. The molecule has 7 heteroatoms. The van der Waals surface area contributed by atoms with Gasteiger partial charge in [-0.15, -0.1) is 0 Å². The number of nitrogens with one attached hydrogen (secondary N) is 1. The number of rotatable bonds is 7. The maximum absolute atomic E-state index is 11.4. The molecule has 1 aromatic heterocycles. The number of carbonyl (C=O) groups is 2. The fraction of sp³-hybridized carbons (Fsp3) is 0.600. The van der Waals surface area contributed by atoms with Crippen LogP contribution in [0.15, 0.2) is 12.7 Å². The van der Waals surface area contributed by atoms with Crippen LogP contribution in [0.5, 0.6) is 0 Å². The number of amides is 1. The summed E-state index contributed by atoms with van der Waals surface area (Å²) in [7, 11) is 0. The van der Waals surface area contributed by atoms with Gasteiger partial charge in [-0.2, -0.15) is 5.10 Å². The zero-order chi connectivity index (χ0) is 12.5. The highest BCUT2D eigenvalue weighted by Gasteiger charge is 2.04. The Morgan fingerprint density at radius 2 is 2.29 bits per heavy atom. The minimum absolute atomic E-state index is 0.138. The van der Waals surface area contributed by atoms with E-state index in [2.05, 4.69) is 15.4 Å². The topological polar surface area (TPSA) is 86.1 Å². The molecule has 0 unspecified atom stereocenters. The van der Waals surface area contributed by atoms with Gasteiger partial charge in [-0.05, 0) is 13.3 Å². The second kappa shape index (κ2) is 7.37. The second-order valence-electron chi connectivity index (χ2n) is 3.35. The molecule has 1 amide bonds. The Morgan fingerprint density at radius 1 is 1.47 bits per heavy atom. The third-order valence-electron chi connectivity index (χ3n) is 1.96. The van der Waals surface area contributed by atoms with Gasteiger partial charge >= 0.3 is 5.97 Å². The lowest BCUT2D eigenvalue weighted by atomic mass is 10.3. The smallest absolute Gasteiger partial charge is 0.305 e. The van der Waals surface area contributed by atoms with Gasteiger partial charge in [0.1, 0.15) is 19.2 Å². The van der Waals surface area contributed by atoms with Crippen LogP contribution in [0.2, 0.25) is 0 Å². The van der Waals surface area contributed by atoms with E-state index < -0.39 is 0 Å². The van der Waals surface area contributed by atoms with E-state index in [0.717, 1.165) is 0 Å². The van der Waals surface area contributed by atoms with Crippen LogP contribution in [-0.2, 0) is 20.9 Å². The quantitative estimate of drug-likeness (QED) is 0.524. The van der Waals surface area contributed by atoms with Crippen molar-refractivity contribution in [3.8, 4) is 0 Å². The van der Waals surface area contributed by atoms with Gasteiger partial charge in [-0.1, -0.05) is 0 Å². The Morgan fingerprint density at radius 3 is 2.94 bits per heavy atom. The molecule has 0 aliphatic rings. The molecule has 0 fully saturated rings. The fourth-order valence-corrected chi connectivity index (χ4v) is 1.21. The molecule has 0 saturated heterocycles. The van der Waals surface area contributed by atoms with Gasteiger partial charge in [0.05, 0.1) is 6.61 Å². The molecule has 1 rings (SSSR count). The largest absolute Gasteiger partial charge is 0.466 e. The molecule has 0 aliphatic heterocycles. The highest BCUT2D eigenvalue weighted by atomic mass is 16.5. The van der Waals surface area contributed by atoms with E-state index in [1.54, 1.807) is 6.92 Å². The van der Waals surface area contributed by atoms with Crippen LogP contribution in [0.4, 0.5) is 0 Å². The molecule has 0 spiro atoms.